The van der Waals surface area contributed by atoms with Crippen molar-refractivity contribution < 1.29 is 0 Å². The van der Waals surface area contributed by atoms with Gasteiger partial charge in [-0.25, -0.2) is 0 Å². The summed E-state index contributed by atoms with van der Waals surface area (Å²) in [5.41, 5.74) is 5.97. The Morgan fingerprint density at radius 2 is 2.11 bits per heavy atom. The van der Waals surface area contributed by atoms with Gasteiger partial charge in [-0.3, -0.25) is 4.90 Å². The summed E-state index contributed by atoms with van der Waals surface area (Å²) in [4.78, 5) is 3.76. The second-order valence-electron chi connectivity index (χ2n) is 5.50. The summed E-state index contributed by atoms with van der Waals surface area (Å²) in [6.07, 6.45) is 5.29. The molecule has 0 bridgehead atoms. The molecule has 0 radical (unpaired) electrons. The van der Waals surface area contributed by atoms with Crippen LogP contribution in [0.1, 0.15) is 43.5 Å². The Bertz CT molecular complexity index is 372. The predicted molar refractivity (Wildman–Crippen MR) is 80.3 cm³/mol. The first-order chi connectivity index (χ1) is 8.61. The minimum absolute atomic E-state index is 0.320. The molecule has 0 saturated heterocycles. The quantitative estimate of drug-likeness (QED) is 0.909. The molecule has 1 saturated carbocycles. The van der Waals surface area contributed by atoms with Crippen molar-refractivity contribution in [3.05, 3.63) is 21.3 Å². The molecule has 1 unspecified atom stereocenters. The lowest BCUT2D eigenvalue weighted by Gasteiger charge is -2.37. The van der Waals surface area contributed by atoms with E-state index in [0.29, 0.717) is 18.6 Å². The number of rotatable bonds is 4. The fourth-order valence-electron chi connectivity index (χ4n) is 2.89. The number of thiophene rings is 1. The summed E-state index contributed by atoms with van der Waals surface area (Å²) < 4.78 is 0. The summed E-state index contributed by atoms with van der Waals surface area (Å²) in [5, 5.41) is 2.83. The zero-order valence-corrected chi connectivity index (χ0v) is 12.8. The molecule has 102 valence electrons. The Morgan fingerprint density at radius 1 is 1.44 bits per heavy atom. The molecule has 1 aromatic heterocycles. The van der Waals surface area contributed by atoms with E-state index in [1.807, 2.05) is 5.38 Å². The Hall–Kier alpha value is -0.0900. The van der Waals surface area contributed by atoms with E-state index in [2.05, 4.69) is 24.9 Å². The molecule has 2 N–H and O–H groups in total. The molecule has 1 heterocycles. The van der Waals surface area contributed by atoms with Gasteiger partial charge in [0.2, 0.25) is 0 Å². The van der Waals surface area contributed by atoms with Gasteiger partial charge >= 0.3 is 0 Å². The van der Waals surface area contributed by atoms with Gasteiger partial charge in [0.1, 0.15) is 0 Å². The van der Waals surface area contributed by atoms with Crippen LogP contribution in [0.25, 0.3) is 0 Å². The number of nitrogens with two attached hydrogens (primary N) is 1. The fourth-order valence-corrected chi connectivity index (χ4v) is 4.14. The van der Waals surface area contributed by atoms with Crippen LogP contribution in [-0.2, 0) is 0 Å². The molecule has 1 aromatic rings. The third-order valence-electron chi connectivity index (χ3n) is 4.19. The molecule has 0 aromatic carbocycles. The normalized spacial score (nSPS) is 26.5. The second kappa shape index (κ2) is 6.38. The Balaban J connectivity index is 2.03. The Morgan fingerprint density at radius 3 is 2.61 bits per heavy atom. The summed E-state index contributed by atoms with van der Waals surface area (Å²) in [5.74, 6) is 0.891. The van der Waals surface area contributed by atoms with Crippen molar-refractivity contribution in [2.45, 2.75) is 44.7 Å². The monoisotopic (exact) mass is 286 g/mol. The minimum Gasteiger partial charge on any atom is -0.329 e. The summed E-state index contributed by atoms with van der Waals surface area (Å²) >= 11 is 7.74. The van der Waals surface area contributed by atoms with Crippen LogP contribution in [0.3, 0.4) is 0 Å². The van der Waals surface area contributed by atoms with Crippen LogP contribution in [0.5, 0.6) is 0 Å². The maximum Gasteiger partial charge on any atom is 0.0564 e. The first-order valence-corrected chi connectivity index (χ1v) is 8.03. The highest BCUT2D eigenvalue weighted by atomic mass is 35.5. The van der Waals surface area contributed by atoms with Gasteiger partial charge < -0.3 is 5.73 Å². The van der Waals surface area contributed by atoms with Crippen molar-refractivity contribution in [1.29, 1.82) is 0 Å². The minimum atomic E-state index is 0.320. The van der Waals surface area contributed by atoms with Crippen molar-refractivity contribution in [2.24, 2.45) is 11.7 Å². The molecule has 18 heavy (non-hydrogen) atoms. The first-order valence-electron chi connectivity index (χ1n) is 6.77. The molecule has 4 heteroatoms. The SMILES string of the molecule is CC1CCC(N(C)C(CN)c2cc(Cl)cs2)CC1. The molecule has 0 aliphatic heterocycles. The maximum absolute atomic E-state index is 6.02. The van der Waals surface area contributed by atoms with Crippen LogP contribution >= 0.6 is 22.9 Å². The molecule has 1 aliphatic carbocycles. The molecule has 1 atom stereocenters. The molecular weight excluding hydrogens is 264 g/mol. The van der Waals surface area contributed by atoms with E-state index in [4.69, 9.17) is 17.3 Å². The largest absolute Gasteiger partial charge is 0.329 e. The average Bonchev–Trinajstić information content (AvgIpc) is 2.77. The highest BCUT2D eigenvalue weighted by Gasteiger charge is 2.27. The van der Waals surface area contributed by atoms with Gasteiger partial charge in [-0.2, -0.15) is 0 Å². The van der Waals surface area contributed by atoms with E-state index in [-0.39, 0.29) is 0 Å². The van der Waals surface area contributed by atoms with Crippen LogP contribution in [0.2, 0.25) is 5.02 Å². The lowest BCUT2D eigenvalue weighted by Crippen LogP contribution is -2.40. The zero-order chi connectivity index (χ0) is 13.1. The van der Waals surface area contributed by atoms with E-state index in [1.165, 1.54) is 30.6 Å². The van der Waals surface area contributed by atoms with Crippen molar-refractivity contribution in [3.63, 3.8) is 0 Å². The zero-order valence-electron chi connectivity index (χ0n) is 11.2. The smallest absolute Gasteiger partial charge is 0.0564 e. The highest BCUT2D eigenvalue weighted by Crippen LogP contribution is 2.33. The van der Waals surface area contributed by atoms with Crippen LogP contribution < -0.4 is 5.73 Å². The second-order valence-corrected chi connectivity index (χ2v) is 6.88. The number of hydrogen-bond acceptors (Lipinski definition) is 3. The predicted octanol–water partition coefficient (Wildman–Crippen LogP) is 3.91. The van der Waals surface area contributed by atoms with Gasteiger partial charge in [0.15, 0.2) is 0 Å². The molecular formula is C14H23ClN2S. The summed E-state index contributed by atoms with van der Waals surface area (Å²) in [7, 11) is 2.21. The fraction of sp³-hybridized carbons (Fsp3) is 0.714. The van der Waals surface area contributed by atoms with Gasteiger partial charge in [-0.15, -0.1) is 11.3 Å². The lowest BCUT2D eigenvalue weighted by atomic mass is 9.86. The van der Waals surface area contributed by atoms with Gasteiger partial charge in [0, 0.05) is 22.8 Å². The third-order valence-corrected chi connectivity index (χ3v) is 5.57. The number of likely N-dealkylation sites (N-methyl/N-ethyl adjacent to an activating group) is 1. The number of nitrogens with zero attached hydrogens (tertiary/aromatic N) is 1. The Kier molecular flexibility index (Phi) is 5.07. The topological polar surface area (TPSA) is 29.3 Å². The van der Waals surface area contributed by atoms with E-state index in [9.17, 15) is 0 Å². The molecule has 0 amide bonds. The van der Waals surface area contributed by atoms with Crippen molar-refractivity contribution in [3.8, 4) is 0 Å². The molecule has 2 rings (SSSR count). The molecule has 2 nitrogen and oxygen atoms in total. The third kappa shape index (κ3) is 3.27. The van der Waals surface area contributed by atoms with Crippen molar-refractivity contribution >= 4 is 22.9 Å². The van der Waals surface area contributed by atoms with Crippen LogP contribution in [0.4, 0.5) is 0 Å². The van der Waals surface area contributed by atoms with E-state index in [0.717, 1.165) is 10.9 Å². The highest BCUT2D eigenvalue weighted by molar-refractivity contribution is 7.10. The van der Waals surface area contributed by atoms with E-state index in [1.54, 1.807) is 11.3 Å². The first kappa shape index (κ1) is 14.3. The number of halogens is 1. The van der Waals surface area contributed by atoms with Gasteiger partial charge in [-0.05, 0) is 44.7 Å². The number of hydrogen-bond donors (Lipinski definition) is 1. The summed E-state index contributed by atoms with van der Waals surface area (Å²) in [6.45, 7) is 3.02. The Labute approximate surface area is 119 Å². The molecule has 1 aliphatic rings. The molecule has 0 spiro atoms. The van der Waals surface area contributed by atoms with Crippen LogP contribution in [-0.4, -0.2) is 24.5 Å². The van der Waals surface area contributed by atoms with Gasteiger partial charge in [-0.1, -0.05) is 18.5 Å². The maximum atomic E-state index is 6.02. The van der Waals surface area contributed by atoms with Gasteiger partial charge in [0.05, 0.1) is 11.1 Å². The lowest BCUT2D eigenvalue weighted by molar-refractivity contribution is 0.128. The van der Waals surface area contributed by atoms with E-state index < -0.39 is 0 Å². The van der Waals surface area contributed by atoms with Gasteiger partial charge in [0.25, 0.3) is 0 Å². The summed E-state index contributed by atoms with van der Waals surface area (Å²) in [6, 6.07) is 3.06. The van der Waals surface area contributed by atoms with E-state index >= 15 is 0 Å². The molecule has 1 fully saturated rings. The standard InChI is InChI=1S/C14H23ClN2S/c1-10-3-5-12(6-4-10)17(2)13(8-16)14-7-11(15)9-18-14/h7,9-10,12-13H,3-6,8,16H2,1-2H3. The van der Waals surface area contributed by atoms with Crippen molar-refractivity contribution in [1.82, 2.24) is 4.90 Å². The van der Waals surface area contributed by atoms with Crippen LogP contribution in [0, 0.1) is 5.92 Å². The van der Waals surface area contributed by atoms with Crippen LogP contribution in [0.15, 0.2) is 11.4 Å². The average molecular weight is 287 g/mol. The van der Waals surface area contributed by atoms with Crippen molar-refractivity contribution in [2.75, 3.05) is 13.6 Å².